The summed E-state index contributed by atoms with van der Waals surface area (Å²) in [5.74, 6) is 0. The highest BCUT2D eigenvalue weighted by Gasteiger charge is 2.18. The van der Waals surface area contributed by atoms with Crippen LogP contribution in [0.15, 0.2) is 12.3 Å². The Balaban J connectivity index is 1.82. The van der Waals surface area contributed by atoms with Crippen molar-refractivity contribution in [1.82, 2.24) is 9.78 Å². The summed E-state index contributed by atoms with van der Waals surface area (Å²) >= 11 is 0. The maximum Gasteiger partial charge on any atom is 0.0957 e. The van der Waals surface area contributed by atoms with Crippen LogP contribution in [0.3, 0.4) is 0 Å². The van der Waals surface area contributed by atoms with Crippen molar-refractivity contribution < 1.29 is 9.84 Å². The van der Waals surface area contributed by atoms with Crippen LogP contribution in [0, 0.1) is 0 Å². The number of aryl methyl sites for hydroxylation is 1. The molecule has 1 aliphatic heterocycles. The maximum absolute atomic E-state index is 10.1. The molecule has 0 amide bonds. The van der Waals surface area contributed by atoms with E-state index in [1.165, 1.54) is 12.8 Å². The molecule has 1 fully saturated rings. The van der Waals surface area contributed by atoms with Crippen LogP contribution in [0.4, 0.5) is 0 Å². The minimum Gasteiger partial charge on any atom is -0.387 e. The van der Waals surface area contributed by atoms with Crippen LogP contribution in [0.5, 0.6) is 0 Å². The van der Waals surface area contributed by atoms with Crippen molar-refractivity contribution in [2.24, 2.45) is 0 Å². The second-order valence-corrected chi connectivity index (χ2v) is 4.65. The van der Waals surface area contributed by atoms with E-state index in [0.29, 0.717) is 6.10 Å². The molecule has 1 aliphatic rings. The highest BCUT2D eigenvalue weighted by molar-refractivity contribution is 5.04. The molecule has 1 aromatic rings. The summed E-state index contributed by atoms with van der Waals surface area (Å²) in [6, 6.07) is 1.90. The lowest BCUT2D eigenvalue weighted by molar-refractivity contribution is 0.00155. The van der Waals surface area contributed by atoms with Gasteiger partial charge in [-0.25, -0.2) is 0 Å². The van der Waals surface area contributed by atoms with Crippen molar-refractivity contribution in [2.75, 3.05) is 6.61 Å². The molecule has 2 unspecified atom stereocenters. The number of hydrogen-bond acceptors (Lipinski definition) is 3. The zero-order valence-electron chi connectivity index (χ0n) is 10.5. The van der Waals surface area contributed by atoms with Gasteiger partial charge >= 0.3 is 0 Å². The van der Waals surface area contributed by atoms with Gasteiger partial charge in [0.05, 0.1) is 17.9 Å². The molecule has 2 heterocycles. The number of hydrogen-bond donors (Lipinski definition) is 1. The van der Waals surface area contributed by atoms with Crippen LogP contribution < -0.4 is 0 Å². The third kappa shape index (κ3) is 3.30. The van der Waals surface area contributed by atoms with Gasteiger partial charge in [-0.05, 0) is 45.1 Å². The Morgan fingerprint density at radius 3 is 3.18 bits per heavy atom. The zero-order valence-corrected chi connectivity index (χ0v) is 10.5. The minimum atomic E-state index is -0.414. The van der Waals surface area contributed by atoms with Crippen molar-refractivity contribution in [2.45, 2.75) is 57.8 Å². The Kier molecular flexibility index (Phi) is 4.57. The molecule has 2 atom stereocenters. The third-order valence-corrected chi connectivity index (χ3v) is 3.43. The molecule has 1 saturated heterocycles. The standard InChI is InChI=1S/C13H22N2O2/c1-2-15-12(8-9-14-15)13(16)7-6-11-5-3-4-10-17-11/h8-9,11,13,16H,2-7,10H2,1H3. The summed E-state index contributed by atoms with van der Waals surface area (Å²) in [6.07, 6.45) is 6.96. The van der Waals surface area contributed by atoms with Crippen molar-refractivity contribution in [3.8, 4) is 0 Å². The van der Waals surface area contributed by atoms with E-state index in [2.05, 4.69) is 5.10 Å². The summed E-state index contributed by atoms with van der Waals surface area (Å²) in [5, 5.41) is 14.3. The van der Waals surface area contributed by atoms with E-state index in [4.69, 9.17) is 4.74 Å². The molecule has 17 heavy (non-hydrogen) atoms. The SMILES string of the molecule is CCn1nccc1C(O)CCC1CCCCO1. The van der Waals surface area contributed by atoms with Gasteiger partial charge in [-0.15, -0.1) is 0 Å². The second-order valence-electron chi connectivity index (χ2n) is 4.65. The molecule has 1 N–H and O–H groups in total. The average Bonchev–Trinajstić information content (AvgIpc) is 2.85. The van der Waals surface area contributed by atoms with Gasteiger partial charge in [0.15, 0.2) is 0 Å². The molecule has 0 aliphatic carbocycles. The van der Waals surface area contributed by atoms with E-state index in [9.17, 15) is 5.11 Å². The predicted octanol–water partition coefficient (Wildman–Crippen LogP) is 2.29. The first-order valence-corrected chi connectivity index (χ1v) is 6.62. The third-order valence-electron chi connectivity index (χ3n) is 3.43. The molecule has 0 spiro atoms. The Labute approximate surface area is 103 Å². The van der Waals surface area contributed by atoms with Crippen molar-refractivity contribution in [3.63, 3.8) is 0 Å². The molecule has 2 rings (SSSR count). The molecule has 4 heteroatoms. The Morgan fingerprint density at radius 1 is 1.59 bits per heavy atom. The first kappa shape index (κ1) is 12.6. The lowest BCUT2D eigenvalue weighted by Gasteiger charge is -2.23. The monoisotopic (exact) mass is 238 g/mol. The van der Waals surface area contributed by atoms with Crippen LogP contribution in [0.25, 0.3) is 0 Å². The fourth-order valence-electron chi connectivity index (χ4n) is 2.42. The molecule has 0 saturated carbocycles. The Hall–Kier alpha value is -0.870. The second kappa shape index (κ2) is 6.17. The molecule has 0 radical (unpaired) electrons. The van der Waals surface area contributed by atoms with Gasteiger partial charge in [0.25, 0.3) is 0 Å². The summed E-state index contributed by atoms with van der Waals surface area (Å²) in [6.45, 7) is 3.72. The van der Waals surface area contributed by atoms with Gasteiger partial charge in [0.2, 0.25) is 0 Å². The first-order valence-electron chi connectivity index (χ1n) is 6.62. The topological polar surface area (TPSA) is 47.3 Å². The summed E-state index contributed by atoms with van der Waals surface area (Å²) < 4.78 is 7.52. The van der Waals surface area contributed by atoms with Crippen LogP contribution in [0.2, 0.25) is 0 Å². The van der Waals surface area contributed by atoms with E-state index >= 15 is 0 Å². The summed E-state index contributed by atoms with van der Waals surface area (Å²) in [5.41, 5.74) is 0.920. The fourth-order valence-corrected chi connectivity index (χ4v) is 2.42. The van der Waals surface area contributed by atoms with E-state index < -0.39 is 6.10 Å². The number of ether oxygens (including phenoxy) is 1. The van der Waals surface area contributed by atoms with Gasteiger partial charge in [0, 0.05) is 19.3 Å². The Morgan fingerprint density at radius 2 is 2.47 bits per heavy atom. The minimum absolute atomic E-state index is 0.344. The van der Waals surface area contributed by atoms with Gasteiger partial charge in [-0.1, -0.05) is 0 Å². The maximum atomic E-state index is 10.1. The lowest BCUT2D eigenvalue weighted by atomic mass is 10.0. The molecule has 4 nitrogen and oxygen atoms in total. The zero-order chi connectivity index (χ0) is 12.1. The lowest BCUT2D eigenvalue weighted by Crippen LogP contribution is -2.20. The van der Waals surface area contributed by atoms with Crippen LogP contribution in [-0.4, -0.2) is 27.6 Å². The number of nitrogens with zero attached hydrogens (tertiary/aromatic N) is 2. The van der Waals surface area contributed by atoms with Crippen LogP contribution in [0.1, 0.15) is 50.8 Å². The highest BCUT2D eigenvalue weighted by atomic mass is 16.5. The number of aliphatic hydroxyl groups excluding tert-OH is 1. The van der Waals surface area contributed by atoms with E-state index in [-0.39, 0.29) is 0 Å². The van der Waals surface area contributed by atoms with Gasteiger partial charge in [0.1, 0.15) is 0 Å². The number of rotatable bonds is 5. The molecular weight excluding hydrogens is 216 g/mol. The molecular formula is C13H22N2O2. The normalized spacial score (nSPS) is 22.6. The summed E-state index contributed by atoms with van der Waals surface area (Å²) in [4.78, 5) is 0. The van der Waals surface area contributed by atoms with Gasteiger partial charge < -0.3 is 9.84 Å². The number of aromatic nitrogens is 2. The highest BCUT2D eigenvalue weighted by Crippen LogP contribution is 2.23. The van der Waals surface area contributed by atoms with Crippen molar-refractivity contribution in [1.29, 1.82) is 0 Å². The number of aliphatic hydroxyl groups is 1. The first-order chi connectivity index (χ1) is 8.31. The van der Waals surface area contributed by atoms with Gasteiger partial charge in [-0.2, -0.15) is 5.10 Å². The largest absolute Gasteiger partial charge is 0.387 e. The van der Waals surface area contributed by atoms with E-state index in [0.717, 1.165) is 38.1 Å². The molecule has 96 valence electrons. The predicted molar refractivity (Wildman–Crippen MR) is 65.7 cm³/mol. The van der Waals surface area contributed by atoms with E-state index in [1.54, 1.807) is 6.20 Å². The average molecular weight is 238 g/mol. The summed E-state index contributed by atoms with van der Waals surface area (Å²) in [7, 11) is 0. The molecule has 1 aromatic heterocycles. The molecule has 0 bridgehead atoms. The van der Waals surface area contributed by atoms with Crippen LogP contribution >= 0.6 is 0 Å². The van der Waals surface area contributed by atoms with E-state index in [1.807, 2.05) is 17.7 Å². The Bertz CT molecular complexity index is 332. The molecule has 0 aromatic carbocycles. The smallest absolute Gasteiger partial charge is 0.0957 e. The van der Waals surface area contributed by atoms with Gasteiger partial charge in [-0.3, -0.25) is 4.68 Å². The quantitative estimate of drug-likeness (QED) is 0.856. The van der Waals surface area contributed by atoms with Crippen LogP contribution in [-0.2, 0) is 11.3 Å². The van der Waals surface area contributed by atoms with Crippen molar-refractivity contribution in [3.05, 3.63) is 18.0 Å². The van der Waals surface area contributed by atoms with Crippen molar-refractivity contribution >= 4 is 0 Å². The fraction of sp³-hybridized carbons (Fsp3) is 0.769.